The smallest absolute Gasteiger partial charge is 0.416 e. The summed E-state index contributed by atoms with van der Waals surface area (Å²) in [6.45, 7) is 7.84. The van der Waals surface area contributed by atoms with Crippen molar-refractivity contribution in [2.45, 2.75) is 78.5 Å². The highest BCUT2D eigenvalue weighted by molar-refractivity contribution is 6.03. The molecule has 0 atom stereocenters. The van der Waals surface area contributed by atoms with Gasteiger partial charge in [0.25, 0.3) is 17.7 Å². The zero-order valence-electron chi connectivity index (χ0n) is 62.3. The van der Waals surface area contributed by atoms with Gasteiger partial charge in [-0.1, -0.05) is 132 Å². The molecule has 0 fully saturated rings. The van der Waals surface area contributed by atoms with E-state index in [4.69, 9.17) is 18.6 Å². The third-order valence-corrected chi connectivity index (χ3v) is 17.5. The number of amides is 5. The van der Waals surface area contributed by atoms with Crippen molar-refractivity contribution in [3.63, 3.8) is 0 Å². The number of methoxy groups -OCH3 is 2. The predicted molar refractivity (Wildman–Crippen MR) is 412 cm³/mol. The van der Waals surface area contributed by atoms with Crippen LogP contribution in [-0.2, 0) is 62.2 Å². The topological polar surface area (TPSA) is 266 Å². The zero-order chi connectivity index (χ0) is 81.3. The maximum absolute atomic E-state index is 13.8. The fourth-order valence-corrected chi connectivity index (χ4v) is 11.7. The first-order valence-corrected chi connectivity index (χ1v) is 35.2. The standard InChI is InChI=1S/C46H44F3N3O7.C41H33F3N4O6/c1-29-6-10-31(11-7-29)32-14-16-34(17-15-32)43(56)50-26-40(53)33-12-8-30(9-13-33)27-52(28-42(55)59-45(2,3)4)44(57)35-18-21-37(22-19-35)51-41(54)24-36-20-23-38(58-5)25-39(36)46(47,48)49;1-25-3-7-27(8-4-25)28-11-13-30(14-12-28)39-47-46-38(54-39)29-9-5-26(6-10-29)23-48(24-37(50)51)40(52)31-15-18-33(19-16-31)45-36(49)21-32-17-20-34(53-2)22-35(32)41(42,43)44/h6-23,25H,24,26-28H2,1-5H3,(H,50,56)(H,51,54);3-20,22H,21,23-24H2,1-2H3,(H,45,49)(H,50,51). The lowest BCUT2D eigenvalue weighted by Gasteiger charge is -2.25. The van der Waals surface area contributed by atoms with Crippen molar-refractivity contribution in [2.75, 3.05) is 44.5 Å². The van der Waals surface area contributed by atoms with E-state index < -0.39 is 96.5 Å². The normalized spacial score (nSPS) is 11.3. The Labute approximate surface area is 646 Å². The lowest BCUT2D eigenvalue weighted by molar-refractivity contribution is -0.155. The molecule has 11 rings (SSSR count). The van der Waals surface area contributed by atoms with E-state index in [1.165, 1.54) is 97.5 Å². The van der Waals surface area contributed by atoms with Gasteiger partial charge in [0.1, 0.15) is 30.2 Å². The number of carboxylic acids is 1. The number of nitrogens with zero attached hydrogens (tertiary/aromatic N) is 4. The van der Waals surface area contributed by atoms with Crippen LogP contribution in [0.15, 0.2) is 235 Å². The molecule has 0 unspecified atom stereocenters. The van der Waals surface area contributed by atoms with Gasteiger partial charge in [-0.15, -0.1) is 10.2 Å². The molecule has 1 heterocycles. The van der Waals surface area contributed by atoms with E-state index in [0.29, 0.717) is 33.7 Å². The third kappa shape index (κ3) is 23.0. The molecule has 11 aromatic rings. The number of ether oxygens (including phenoxy) is 3. The van der Waals surface area contributed by atoms with E-state index in [1.54, 1.807) is 81.4 Å². The van der Waals surface area contributed by atoms with Crippen LogP contribution >= 0.6 is 0 Å². The summed E-state index contributed by atoms with van der Waals surface area (Å²) in [6.07, 6.45) is -10.5. The second kappa shape index (κ2) is 36.3. The van der Waals surface area contributed by atoms with Crippen molar-refractivity contribution in [1.29, 1.82) is 0 Å². The molecule has 0 spiro atoms. The van der Waals surface area contributed by atoms with Crippen LogP contribution < -0.4 is 25.4 Å². The van der Waals surface area contributed by atoms with Crippen molar-refractivity contribution in [2.24, 2.45) is 0 Å². The number of rotatable bonds is 26. The molecular weight excluding hydrogens is 1460 g/mol. The highest BCUT2D eigenvalue weighted by Crippen LogP contribution is 2.37. The molecule has 20 nitrogen and oxygen atoms in total. The van der Waals surface area contributed by atoms with Crippen LogP contribution in [0.25, 0.3) is 45.2 Å². The molecule has 5 amide bonds. The summed E-state index contributed by atoms with van der Waals surface area (Å²) in [6, 6.07) is 62.5. The Morgan fingerprint density at radius 2 is 0.796 bits per heavy atom. The van der Waals surface area contributed by atoms with E-state index in [0.717, 1.165) is 50.4 Å². The number of Topliss-reactive ketones (excluding diaryl/α,β-unsaturated/α-hetero) is 1. The first-order chi connectivity index (χ1) is 53.7. The van der Waals surface area contributed by atoms with E-state index in [2.05, 4.69) is 50.4 Å². The van der Waals surface area contributed by atoms with Crippen molar-refractivity contribution in [3.05, 3.63) is 297 Å². The molecule has 0 aliphatic heterocycles. The number of anilines is 2. The fourth-order valence-electron chi connectivity index (χ4n) is 11.7. The monoisotopic (exact) mass is 1540 g/mol. The number of carbonyl (C=O) groups is 8. The van der Waals surface area contributed by atoms with Gasteiger partial charge in [0, 0.05) is 57.8 Å². The number of aliphatic carboxylic acids is 1. The minimum atomic E-state index is -4.70. The van der Waals surface area contributed by atoms with Crippen LogP contribution in [0.2, 0.25) is 0 Å². The van der Waals surface area contributed by atoms with Gasteiger partial charge in [-0.25, -0.2) is 0 Å². The number of aryl methyl sites for hydroxylation is 2. The number of alkyl halides is 6. The van der Waals surface area contributed by atoms with Crippen molar-refractivity contribution >= 4 is 58.6 Å². The summed E-state index contributed by atoms with van der Waals surface area (Å²) in [7, 11) is 2.49. The summed E-state index contributed by atoms with van der Waals surface area (Å²) in [5.41, 5.74) is 7.34. The minimum Gasteiger partial charge on any atom is -0.497 e. The van der Waals surface area contributed by atoms with Gasteiger partial charge in [0.15, 0.2) is 5.78 Å². The number of benzene rings is 10. The van der Waals surface area contributed by atoms with Crippen LogP contribution in [-0.4, -0.2) is 112 Å². The van der Waals surface area contributed by atoms with Gasteiger partial charge < -0.3 is 49.5 Å². The summed E-state index contributed by atoms with van der Waals surface area (Å²) >= 11 is 0. The van der Waals surface area contributed by atoms with E-state index in [-0.39, 0.29) is 76.4 Å². The van der Waals surface area contributed by atoms with Crippen molar-refractivity contribution < 1.29 is 88.4 Å². The van der Waals surface area contributed by atoms with Gasteiger partial charge in [-0.2, -0.15) is 26.3 Å². The molecule has 0 aliphatic rings. The van der Waals surface area contributed by atoms with Crippen molar-refractivity contribution in [1.82, 2.24) is 25.3 Å². The van der Waals surface area contributed by atoms with Gasteiger partial charge >= 0.3 is 24.3 Å². The quantitative estimate of drug-likeness (QED) is 0.0223. The highest BCUT2D eigenvalue weighted by Gasteiger charge is 2.36. The Hall–Kier alpha value is -13.5. The summed E-state index contributed by atoms with van der Waals surface area (Å²) in [4.78, 5) is 105. The first-order valence-electron chi connectivity index (χ1n) is 35.2. The Kier molecular flexibility index (Phi) is 26.4. The molecule has 10 aromatic carbocycles. The lowest BCUT2D eigenvalue weighted by atomic mass is 10.0. The van der Waals surface area contributed by atoms with Crippen LogP contribution in [0, 0.1) is 13.8 Å². The average molecular weight is 1540 g/mol. The molecule has 0 bridgehead atoms. The molecule has 0 radical (unpaired) electrons. The fraction of sp³-hybridized carbons (Fsp3) is 0.195. The maximum atomic E-state index is 13.8. The molecule has 0 saturated carbocycles. The molecule has 580 valence electrons. The number of halogens is 6. The number of carboxylic acid groups (broad SMARTS) is 1. The van der Waals surface area contributed by atoms with Gasteiger partial charge in [-0.3, -0.25) is 38.4 Å². The summed E-state index contributed by atoms with van der Waals surface area (Å²) in [5.74, 6) is -4.49. The number of esters is 1. The molecule has 1 aromatic heterocycles. The van der Waals surface area contributed by atoms with Crippen LogP contribution in [0.4, 0.5) is 37.7 Å². The molecule has 0 saturated heterocycles. The van der Waals surface area contributed by atoms with Crippen LogP contribution in [0.5, 0.6) is 11.5 Å². The molecule has 4 N–H and O–H groups in total. The Bertz CT molecular complexity index is 5220. The van der Waals surface area contributed by atoms with E-state index in [1.807, 2.05) is 74.5 Å². The van der Waals surface area contributed by atoms with Crippen LogP contribution in [0.3, 0.4) is 0 Å². The second-order valence-electron chi connectivity index (χ2n) is 27.2. The lowest BCUT2D eigenvalue weighted by Crippen LogP contribution is -2.38. The van der Waals surface area contributed by atoms with Gasteiger partial charge in [0.05, 0.1) is 44.7 Å². The summed E-state index contributed by atoms with van der Waals surface area (Å²) < 4.78 is 103. The van der Waals surface area contributed by atoms with Gasteiger partial charge in [0.2, 0.25) is 23.6 Å². The Morgan fingerprint density at radius 1 is 0.442 bits per heavy atom. The SMILES string of the molecule is COc1ccc(CC(=O)Nc2ccc(C(=O)N(CC(=O)O)Cc3ccc(-c4nnc(-c5ccc(-c6ccc(C)cc6)cc5)o4)cc3)cc2)c(C(F)(F)F)c1.COc1ccc(CC(=O)Nc2ccc(C(=O)N(CC(=O)OC(C)(C)C)Cc3ccc(C(=O)CNC(=O)c4ccc(-c5ccc(C)cc5)cc4)cc3)cc2)c(C(F)(F)F)c1. The van der Waals surface area contributed by atoms with E-state index >= 15 is 0 Å². The Morgan fingerprint density at radius 3 is 1.19 bits per heavy atom. The van der Waals surface area contributed by atoms with E-state index in [9.17, 15) is 69.8 Å². The first kappa shape index (κ1) is 82.0. The molecule has 113 heavy (non-hydrogen) atoms. The Balaban J connectivity index is 0.000000240. The molecule has 0 aliphatic carbocycles. The largest absolute Gasteiger partial charge is 0.497 e. The number of hydrogen-bond acceptors (Lipinski definition) is 14. The van der Waals surface area contributed by atoms with Gasteiger partial charge in [-0.05, 0) is 188 Å². The third-order valence-electron chi connectivity index (χ3n) is 17.5. The molecular formula is C87H77F6N7O13. The zero-order valence-corrected chi connectivity index (χ0v) is 62.3. The second-order valence-corrected chi connectivity index (χ2v) is 27.2. The van der Waals surface area contributed by atoms with Crippen LogP contribution in [0.1, 0.15) is 107 Å². The highest BCUT2D eigenvalue weighted by atomic mass is 19.4. The number of ketones is 1. The minimum absolute atomic E-state index is 0.00407. The van der Waals surface area contributed by atoms with Crippen molar-refractivity contribution in [3.8, 4) is 56.7 Å². The number of carbonyl (C=O) groups excluding carboxylic acids is 7. The number of hydrogen-bond donors (Lipinski definition) is 4. The molecule has 26 heteroatoms. The maximum Gasteiger partial charge on any atom is 0.416 e. The summed E-state index contributed by atoms with van der Waals surface area (Å²) in [5, 5.41) is 25.7. The average Bonchev–Trinajstić information content (AvgIpc) is 1.60. The number of aromatic nitrogens is 2. The number of nitrogens with one attached hydrogen (secondary N) is 3. The predicted octanol–water partition coefficient (Wildman–Crippen LogP) is 16.8.